The minimum absolute atomic E-state index is 0.0976. The monoisotopic (exact) mass is 434 g/mol. The van der Waals surface area contributed by atoms with Gasteiger partial charge in [0.2, 0.25) is 6.35 Å². The number of carbonyl (C=O) groups excluding carboxylic acids is 1. The fourth-order valence-electron chi connectivity index (χ4n) is 2.84. The maximum Gasteiger partial charge on any atom is 0.573 e. The van der Waals surface area contributed by atoms with Crippen molar-refractivity contribution in [3.8, 4) is 11.5 Å². The number of fused-ring (bicyclic) bond motifs is 1. The summed E-state index contributed by atoms with van der Waals surface area (Å²) in [5.74, 6) is 0.582. The number of alkyl halides is 3. The molecule has 2 heterocycles. The van der Waals surface area contributed by atoms with Gasteiger partial charge in [0, 0.05) is 25.1 Å². The van der Waals surface area contributed by atoms with Gasteiger partial charge in [0.05, 0.1) is 12.3 Å². The second kappa shape index (κ2) is 9.01. The molecule has 160 valence electrons. The highest BCUT2D eigenvalue weighted by Gasteiger charge is 2.43. The lowest BCUT2D eigenvalue weighted by molar-refractivity contribution is -0.274. The molecule has 0 radical (unpaired) electrons. The summed E-state index contributed by atoms with van der Waals surface area (Å²) >= 11 is 1.64. The summed E-state index contributed by atoms with van der Waals surface area (Å²) in [5, 5.41) is 6.03. The highest BCUT2D eigenvalue weighted by atomic mass is 32.2. The molecule has 29 heavy (non-hydrogen) atoms. The van der Waals surface area contributed by atoms with Gasteiger partial charge in [-0.2, -0.15) is 11.8 Å². The van der Waals surface area contributed by atoms with Crippen LogP contribution >= 0.6 is 11.8 Å². The maximum atomic E-state index is 12.5. The van der Waals surface area contributed by atoms with Crippen molar-refractivity contribution < 1.29 is 32.2 Å². The molecule has 2 atom stereocenters. The molecule has 2 unspecified atom stereocenters. The zero-order valence-corrected chi connectivity index (χ0v) is 16.5. The second-order valence-corrected chi connectivity index (χ2v) is 7.15. The van der Waals surface area contributed by atoms with Crippen molar-refractivity contribution in [3.63, 3.8) is 0 Å². The molecule has 12 heteroatoms. The number of hydrogen-bond donors (Lipinski definition) is 2. The van der Waals surface area contributed by atoms with Crippen molar-refractivity contribution >= 4 is 17.8 Å². The number of ether oxygens (including phenoxy) is 3. The molecule has 1 aromatic rings. The molecule has 8 nitrogen and oxygen atoms in total. The summed E-state index contributed by atoms with van der Waals surface area (Å²) in [6.07, 6.45) is -2.48. The van der Waals surface area contributed by atoms with Gasteiger partial charge in [0.15, 0.2) is 0 Å². The summed E-state index contributed by atoms with van der Waals surface area (Å²) in [5.41, 5.74) is 0.678. The number of likely N-dealkylation sites (N-methyl/N-ethyl adjacent to an activating group) is 1. The Kier molecular flexibility index (Phi) is 6.65. The lowest BCUT2D eigenvalue weighted by Gasteiger charge is -2.32. The largest absolute Gasteiger partial charge is 0.573 e. The zero-order chi connectivity index (χ0) is 21.0. The number of nitrogens with zero attached hydrogens (tertiary/aromatic N) is 2. The van der Waals surface area contributed by atoms with E-state index in [4.69, 9.17) is 9.47 Å². The highest BCUT2D eigenvalue weighted by Crippen LogP contribution is 2.28. The summed E-state index contributed by atoms with van der Waals surface area (Å²) < 4.78 is 52.3. The molecule has 1 saturated heterocycles. The van der Waals surface area contributed by atoms with Crippen LogP contribution in [0.15, 0.2) is 36.2 Å². The quantitative estimate of drug-likeness (QED) is 0.609. The van der Waals surface area contributed by atoms with Crippen LogP contribution in [0.25, 0.3) is 0 Å². The summed E-state index contributed by atoms with van der Waals surface area (Å²) in [6.45, 7) is 0.602. The number of carbonyl (C=O) groups is 1. The van der Waals surface area contributed by atoms with E-state index in [9.17, 15) is 18.0 Å². The molecule has 0 saturated carbocycles. The van der Waals surface area contributed by atoms with Crippen LogP contribution < -0.4 is 20.1 Å². The zero-order valence-electron chi connectivity index (χ0n) is 15.7. The molecule has 0 bridgehead atoms. The standard InChI is InChI=1S/C17H21F3N4O4S/c1-23-13-9-21-15(22-14(13)24(16(23)25)10-26-6-7-29-2)27-11-4-3-5-12(8-11)28-17(18,19)20/h3-5,8-9,14-15,21-22H,6-7,10H2,1-2H3. The fraction of sp³-hybridized carbons (Fsp3) is 0.471. The Bertz CT molecular complexity index is 764. The van der Waals surface area contributed by atoms with Crippen LogP contribution in [0.4, 0.5) is 18.0 Å². The first-order valence-electron chi connectivity index (χ1n) is 8.64. The average molecular weight is 434 g/mol. The fourth-order valence-corrected chi connectivity index (χ4v) is 3.13. The van der Waals surface area contributed by atoms with Gasteiger partial charge >= 0.3 is 12.4 Å². The Morgan fingerprint density at radius 3 is 2.76 bits per heavy atom. The van der Waals surface area contributed by atoms with Crippen molar-refractivity contribution in [1.29, 1.82) is 0 Å². The van der Waals surface area contributed by atoms with Crippen LogP contribution in [0.5, 0.6) is 11.5 Å². The van der Waals surface area contributed by atoms with Gasteiger partial charge in [-0.1, -0.05) is 6.07 Å². The van der Waals surface area contributed by atoms with Crippen molar-refractivity contribution in [2.45, 2.75) is 18.9 Å². The number of rotatable bonds is 8. The van der Waals surface area contributed by atoms with Crippen LogP contribution in [-0.4, -0.2) is 67.1 Å². The van der Waals surface area contributed by atoms with Crippen molar-refractivity contribution in [2.24, 2.45) is 0 Å². The lowest BCUT2D eigenvalue weighted by Crippen LogP contribution is -2.57. The van der Waals surface area contributed by atoms with E-state index < -0.39 is 18.9 Å². The first kappa shape index (κ1) is 21.4. The minimum Gasteiger partial charge on any atom is -0.457 e. The van der Waals surface area contributed by atoms with E-state index in [1.54, 1.807) is 25.0 Å². The molecule has 0 aromatic heterocycles. The van der Waals surface area contributed by atoms with E-state index in [2.05, 4.69) is 15.4 Å². The Morgan fingerprint density at radius 2 is 2.03 bits per heavy atom. The number of hydrogen-bond acceptors (Lipinski definition) is 7. The number of benzene rings is 1. The summed E-state index contributed by atoms with van der Waals surface area (Å²) in [7, 11) is 1.64. The molecule has 2 N–H and O–H groups in total. The molecule has 2 aliphatic rings. The normalized spacial score (nSPS) is 21.6. The van der Waals surface area contributed by atoms with Crippen LogP contribution in [0.3, 0.4) is 0 Å². The van der Waals surface area contributed by atoms with Crippen LogP contribution in [0.1, 0.15) is 0 Å². The third-order valence-electron chi connectivity index (χ3n) is 4.16. The number of nitrogens with one attached hydrogen (secondary N) is 2. The van der Waals surface area contributed by atoms with Crippen LogP contribution in [0.2, 0.25) is 0 Å². The topological polar surface area (TPSA) is 75.3 Å². The second-order valence-electron chi connectivity index (χ2n) is 6.17. The molecule has 2 aliphatic heterocycles. The Morgan fingerprint density at radius 1 is 1.28 bits per heavy atom. The van der Waals surface area contributed by atoms with E-state index >= 15 is 0 Å². The van der Waals surface area contributed by atoms with Crippen molar-refractivity contribution in [3.05, 3.63) is 36.2 Å². The van der Waals surface area contributed by atoms with Gasteiger partial charge < -0.3 is 19.5 Å². The molecule has 0 aliphatic carbocycles. The van der Waals surface area contributed by atoms with Crippen LogP contribution in [0, 0.1) is 0 Å². The summed E-state index contributed by atoms with van der Waals surface area (Å²) in [4.78, 5) is 15.5. The molecule has 1 fully saturated rings. The predicted octanol–water partition coefficient (Wildman–Crippen LogP) is 2.31. The third-order valence-corrected chi connectivity index (χ3v) is 4.73. The molecule has 2 amide bonds. The van der Waals surface area contributed by atoms with Gasteiger partial charge in [0.25, 0.3) is 0 Å². The minimum atomic E-state index is -4.79. The Labute approximate surface area is 169 Å². The maximum absolute atomic E-state index is 12.5. The Balaban J connectivity index is 1.65. The van der Waals surface area contributed by atoms with Crippen molar-refractivity contribution in [2.75, 3.05) is 32.4 Å². The number of thioether (sulfide) groups is 1. The highest BCUT2D eigenvalue weighted by molar-refractivity contribution is 7.98. The van der Waals surface area contributed by atoms with Gasteiger partial charge in [-0.25, -0.2) is 10.1 Å². The number of amides is 2. The van der Waals surface area contributed by atoms with E-state index in [1.807, 2.05) is 6.26 Å². The molecular weight excluding hydrogens is 413 g/mol. The van der Waals surface area contributed by atoms with Gasteiger partial charge in [-0.15, -0.1) is 13.2 Å². The van der Waals surface area contributed by atoms with Crippen LogP contribution in [-0.2, 0) is 4.74 Å². The van der Waals surface area contributed by atoms with E-state index in [1.165, 1.54) is 28.0 Å². The number of halogens is 3. The van der Waals surface area contributed by atoms with E-state index in [0.717, 1.165) is 11.8 Å². The Hall–Kier alpha value is -2.31. The molecule has 1 aromatic carbocycles. The lowest BCUT2D eigenvalue weighted by atomic mass is 10.3. The molecular formula is C17H21F3N4O4S. The van der Waals surface area contributed by atoms with Gasteiger partial charge in [-0.3, -0.25) is 9.80 Å². The SMILES string of the molecule is CSCCOCN1C(=O)N(C)C2=CNC(Oc3cccc(OC(F)(F)F)c3)NC21. The predicted molar refractivity (Wildman–Crippen MR) is 99.9 cm³/mol. The molecule has 0 spiro atoms. The van der Waals surface area contributed by atoms with Gasteiger partial charge in [0.1, 0.15) is 24.4 Å². The molecule has 3 rings (SSSR count). The third kappa shape index (κ3) is 5.40. The summed E-state index contributed by atoms with van der Waals surface area (Å²) in [6, 6.07) is 4.96. The van der Waals surface area contributed by atoms with E-state index in [-0.39, 0.29) is 24.3 Å². The van der Waals surface area contributed by atoms with Crippen molar-refractivity contribution in [1.82, 2.24) is 20.4 Å². The first-order chi connectivity index (χ1) is 13.8. The number of urea groups is 1. The smallest absolute Gasteiger partial charge is 0.457 e. The first-order valence-corrected chi connectivity index (χ1v) is 10.0. The van der Waals surface area contributed by atoms with E-state index in [0.29, 0.717) is 12.3 Å². The average Bonchev–Trinajstić information content (AvgIpc) is 2.88. The van der Waals surface area contributed by atoms with Gasteiger partial charge in [-0.05, 0) is 18.4 Å².